The molecule has 1 amide bonds. The van der Waals surface area contributed by atoms with Gasteiger partial charge >= 0.3 is 0 Å². The molecule has 1 aromatic heterocycles. The van der Waals surface area contributed by atoms with E-state index in [0.29, 0.717) is 17.4 Å². The number of ether oxygens (including phenoxy) is 1. The van der Waals surface area contributed by atoms with Crippen molar-refractivity contribution in [3.8, 4) is 5.88 Å². The van der Waals surface area contributed by atoms with Gasteiger partial charge in [0.1, 0.15) is 11.8 Å². The van der Waals surface area contributed by atoms with Crippen molar-refractivity contribution in [3.63, 3.8) is 0 Å². The molecule has 1 aromatic rings. The molecule has 0 unspecified atom stereocenters. The summed E-state index contributed by atoms with van der Waals surface area (Å²) in [5.74, 6) is 0.794. The van der Waals surface area contributed by atoms with E-state index in [9.17, 15) is 9.00 Å². The van der Waals surface area contributed by atoms with E-state index in [1.807, 2.05) is 0 Å². The van der Waals surface area contributed by atoms with Gasteiger partial charge in [-0.1, -0.05) is 0 Å². The second-order valence-electron chi connectivity index (χ2n) is 3.00. The molecular formula is C7H9N3O3S. The summed E-state index contributed by atoms with van der Waals surface area (Å²) in [4.78, 5) is 10.7. The number of carbonyl (C=O) groups is 1. The van der Waals surface area contributed by atoms with E-state index in [0.717, 1.165) is 0 Å². The van der Waals surface area contributed by atoms with Crippen LogP contribution in [0.25, 0.3) is 0 Å². The van der Waals surface area contributed by atoms with Gasteiger partial charge in [0.05, 0.1) is 11.5 Å². The molecule has 1 aliphatic heterocycles. The summed E-state index contributed by atoms with van der Waals surface area (Å²) in [6, 6.07) is 1.43. The van der Waals surface area contributed by atoms with Gasteiger partial charge in [0.15, 0.2) is 0 Å². The first-order valence-corrected chi connectivity index (χ1v) is 5.51. The van der Waals surface area contributed by atoms with Crippen LogP contribution in [-0.2, 0) is 10.8 Å². The minimum atomic E-state index is -0.752. The lowest BCUT2D eigenvalue weighted by Gasteiger charge is -2.24. The van der Waals surface area contributed by atoms with Crippen molar-refractivity contribution in [2.75, 3.05) is 11.5 Å². The molecule has 0 atom stereocenters. The first kappa shape index (κ1) is 9.20. The van der Waals surface area contributed by atoms with Crippen molar-refractivity contribution >= 4 is 16.7 Å². The third-order valence-corrected chi connectivity index (χ3v) is 3.34. The van der Waals surface area contributed by atoms with Crippen molar-refractivity contribution in [3.05, 3.63) is 11.8 Å². The molecule has 0 spiro atoms. The lowest BCUT2D eigenvalue weighted by molar-refractivity contribution is 0.0995. The molecular weight excluding hydrogens is 206 g/mol. The molecule has 1 aliphatic rings. The monoisotopic (exact) mass is 215 g/mol. The Bertz CT molecular complexity index is 381. The van der Waals surface area contributed by atoms with Crippen LogP contribution in [0.4, 0.5) is 0 Å². The van der Waals surface area contributed by atoms with E-state index >= 15 is 0 Å². The molecule has 3 N–H and O–H groups in total. The zero-order chi connectivity index (χ0) is 10.1. The highest BCUT2D eigenvalue weighted by Crippen LogP contribution is 2.15. The maximum atomic E-state index is 10.7. The third kappa shape index (κ3) is 1.77. The molecule has 0 aliphatic carbocycles. The Labute approximate surface area is 82.3 Å². The summed E-state index contributed by atoms with van der Waals surface area (Å²) in [5, 5.41) is 6.18. The molecule has 1 fully saturated rings. The van der Waals surface area contributed by atoms with E-state index < -0.39 is 16.7 Å². The van der Waals surface area contributed by atoms with Crippen molar-refractivity contribution in [2.45, 2.75) is 6.10 Å². The van der Waals surface area contributed by atoms with Gasteiger partial charge < -0.3 is 10.5 Å². The smallest absolute Gasteiger partial charge is 0.266 e. The molecule has 1 saturated heterocycles. The summed E-state index contributed by atoms with van der Waals surface area (Å²) in [6.07, 6.45) is -0.0557. The number of aromatic nitrogens is 2. The number of nitrogens with zero attached hydrogens (tertiary/aromatic N) is 1. The number of aromatic amines is 1. The molecule has 2 rings (SSSR count). The summed E-state index contributed by atoms with van der Waals surface area (Å²) in [6.45, 7) is 0. The number of nitrogens with two attached hydrogens (primary N) is 1. The van der Waals surface area contributed by atoms with Crippen LogP contribution in [0.2, 0.25) is 0 Å². The van der Waals surface area contributed by atoms with Crippen molar-refractivity contribution < 1.29 is 13.7 Å². The maximum Gasteiger partial charge on any atom is 0.266 e. The largest absolute Gasteiger partial charge is 0.471 e. The molecule has 14 heavy (non-hydrogen) atoms. The number of primary amides is 1. The first-order valence-electron chi connectivity index (χ1n) is 4.02. The normalized spacial score (nSPS) is 25.4. The van der Waals surface area contributed by atoms with E-state index in [1.54, 1.807) is 0 Å². The highest BCUT2D eigenvalue weighted by molar-refractivity contribution is 7.86. The first-order chi connectivity index (χ1) is 6.65. The standard InChI is InChI=1S/C7H9N3O3S/c8-7(11)5-1-6(10-9-5)13-4-2-14(12)3-4/h1,4H,2-3H2,(H2,8,11)(H,9,10). The van der Waals surface area contributed by atoms with Crippen LogP contribution in [0.3, 0.4) is 0 Å². The SMILES string of the molecule is NC(=O)c1cc(OC2CS(=O)C2)n[nH]1. The highest BCUT2D eigenvalue weighted by atomic mass is 32.2. The molecule has 0 radical (unpaired) electrons. The zero-order valence-electron chi connectivity index (χ0n) is 7.23. The van der Waals surface area contributed by atoms with Crippen LogP contribution in [-0.4, -0.2) is 37.9 Å². The lowest BCUT2D eigenvalue weighted by Crippen LogP contribution is -2.41. The fourth-order valence-corrected chi connectivity index (χ4v) is 1.96. The van der Waals surface area contributed by atoms with Gasteiger partial charge in [-0.25, -0.2) is 0 Å². The summed E-state index contributed by atoms with van der Waals surface area (Å²) >= 11 is 0. The number of nitrogens with one attached hydrogen (secondary N) is 1. The fraction of sp³-hybridized carbons (Fsp3) is 0.429. The molecule has 0 saturated carbocycles. The molecule has 2 heterocycles. The molecule has 6 nitrogen and oxygen atoms in total. The maximum absolute atomic E-state index is 10.7. The quantitative estimate of drug-likeness (QED) is 0.677. The number of H-pyrrole nitrogens is 1. The van der Waals surface area contributed by atoms with Crippen molar-refractivity contribution in [1.29, 1.82) is 0 Å². The Morgan fingerprint density at radius 3 is 2.93 bits per heavy atom. The number of rotatable bonds is 3. The second-order valence-corrected chi connectivity index (χ2v) is 4.54. The van der Waals surface area contributed by atoms with Gasteiger partial charge in [0.25, 0.3) is 5.91 Å². The van der Waals surface area contributed by atoms with E-state index in [1.165, 1.54) is 6.07 Å². The van der Waals surface area contributed by atoms with Crippen LogP contribution in [0, 0.1) is 0 Å². The number of carbonyl (C=O) groups excluding carboxylic acids is 1. The predicted octanol–water partition coefficient (Wildman–Crippen LogP) is -0.982. The molecule has 7 heteroatoms. The van der Waals surface area contributed by atoms with Gasteiger partial charge in [-0.3, -0.25) is 14.1 Å². The topological polar surface area (TPSA) is 98.1 Å². The number of hydrogen-bond acceptors (Lipinski definition) is 4. The Kier molecular flexibility index (Phi) is 2.24. The Hall–Kier alpha value is -1.37. The summed E-state index contributed by atoms with van der Waals surface area (Å²) < 4.78 is 16.1. The van der Waals surface area contributed by atoms with E-state index in [2.05, 4.69) is 10.2 Å². The van der Waals surface area contributed by atoms with Crippen LogP contribution in [0.1, 0.15) is 10.5 Å². The Balaban J connectivity index is 1.96. The van der Waals surface area contributed by atoms with Crippen LogP contribution >= 0.6 is 0 Å². The van der Waals surface area contributed by atoms with Gasteiger partial charge in [-0.15, -0.1) is 5.10 Å². The highest BCUT2D eigenvalue weighted by Gasteiger charge is 2.27. The molecule has 0 aromatic carbocycles. The third-order valence-electron chi connectivity index (χ3n) is 1.85. The van der Waals surface area contributed by atoms with Crippen LogP contribution in [0.15, 0.2) is 6.07 Å². The Morgan fingerprint density at radius 1 is 1.71 bits per heavy atom. The van der Waals surface area contributed by atoms with Crippen LogP contribution in [0.5, 0.6) is 5.88 Å². The Morgan fingerprint density at radius 2 is 2.43 bits per heavy atom. The van der Waals surface area contributed by atoms with Crippen LogP contribution < -0.4 is 10.5 Å². The molecule has 76 valence electrons. The summed E-state index contributed by atoms with van der Waals surface area (Å²) in [5.41, 5.74) is 5.22. The minimum Gasteiger partial charge on any atom is -0.471 e. The zero-order valence-corrected chi connectivity index (χ0v) is 8.04. The average molecular weight is 215 g/mol. The predicted molar refractivity (Wildman–Crippen MR) is 49.4 cm³/mol. The molecule has 0 bridgehead atoms. The second kappa shape index (κ2) is 3.41. The van der Waals surface area contributed by atoms with Gasteiger partial charge in [0.2, 0.25) is 5.88 Å². The van der Waals surface area contributed by atoms with E-state index in [-0.39, 0.29) is 11.8 Å². The average Bonchev–Trinajstić information content (AvgIpc) is 2.50. The number of amides is 1. The van der Waals surface area contributed by atoms with Gasteiger partial charge in [-0.05, 0) is 0 Å². The fourth-order valence-electron chi connectivity index (χ4n) is 1.09. The minimum absolute atomic E-state index is 0.0557. The van der Waals surface area contributed by atoms with E-state index in [4.69, 9.17) is 10.5 Å². The summed E-state index contributed by atoms with van der Waals surface area (Å²) in [7, 11) is -0.752. The van der Waals surface area contributed by atoms with Gasteiger partial charge in [-0.2, -0.15) is 0 Å². The van der Waals surface area contributed by atoms with Crippen molar-refractivity contribution in [1.82, 2.24) is 10.2 Å². The van der Waals surface area contributed by atoms with Crippen molar-refractivity contribution in [2.24, 2.45) is 5.73 Å². The van der Waals surface area contributed by atoms with Gasteiger partial charge in [0, 0.05) is 16.9 Å². The lowest BCUT2D eigenvalue weighted by atomic mass is 10.4. The number of hydrogen-bond donors (Lipinski definition) is 2.